The number of ether oxygens (including phenoxy) is 1. The van der Waals surface area contributed by atoms with Crippen molar-refractivity contribution in [1.82, 2.24) is 4.31 Å². The normalized spacial score (nSPS) is 20.1. The van der Waals surface area contributed by atoms with Crippen molar-refractivity contribution in [1.29, 1.82) is 0 Å². The van der Waals surface area contributed by atoms with Crippen LogP contribution in [0.4, 0.5) is 0 Å². The molecule has 5 nitrogen and oxygen atoms in total. The maximum absolute atomic E-state index is 11.8. The molecular formula is C13H17NO4S. The highest BCUT2D eigenvalue weighted by Gasteiger charge is 2.32. The largest absolute Gasteiger partial charge is 0.465 e. The number of hydrogen-bond acceptors (Lipinski definition) is 4. The summed E-state index contributed by atoms with van der Waals surface area (Å²) >= 11 is 0. The first kappa shape index (κ1) is 14.0. The minimum atomic E-state index is -3.12. The number of hydrogen-bond donors (Lipinski definition) is 0. The summed E-state index contributed by atoms with van der Waals surface area (Å²) in [7, 11) is -1.79. The van der Waals surface area contributed by atoms with Gasteiger partial charge in [-0.15, -0.1) is 0 Å². The number of sulfonamides is 1. The standard InChI is InChI=1S/C13H17NO4S/c1-10(14-8-3-9-19(14,16)17)11-4-6-12(7-5-11)13(15)18-2/h4-7,10H,3,8-9H2,1-2H3/t10-/m0/s1. The lowest BCUT2D eigenvalue weighted by Crippen LogP contribution is -2.28. The second kappa shape index (κ2) is 5.30. The van der Waals surface area contributed by atoms with Gasteiger partial charge in [-0.25, -0.2) is 13.2 Å². The van der Waals surface area contributed by atoms with Gasteiger partial charge in [-0.05, 0) is 31.0 Å². The Balaban J connectivity index is 2.20. The van der Waals surface area contributed by atoms with Crippen LogP contribution in [0.3, 0.4) is 0 Å². The maximum atomic E-state index is 11.8. The van der Waals surface area contributed by atoms with Crippen LogP contribution in [0.25, 0.3) is 0 Å². The number of carbonyl (C=O) groups is 1. The third-order valence-corrected chi connectivity index (χ3v) is 5.40. The minimum absolute atomic E-state index is 0.209. The van der Waals surface area contributed by atoms with Gasteiger partial charge in [0, 0.05) is 12.6 Å². The van der Waals surface area contributed by atoms with Gasteiger partial charge >= 0.3 is 5.97 Å². The van der Waals surface area contributed by atoms with Gasteiger partial charge in [0.2, 0.25) is 10.0 Å². The third-order valence-electron chi connectivity index (χ3n) is 3.38. The molecule has 19 heavy (non-hydrogen) atoms. The van der Waals surface area contributed by atoms with E-state index in [1.54, 1.807) is 24.3 Å². The Morgan fingerprint density at radius 3 is 2.42 bits per heavy atom. The number of methoxy groups -OCH3 is 1. The topological polar surface area (TPSA) is 63.7 Å². The van der Waals surface area contributed by atoms with Crippen molar-refractivity contribution in [2.75, 3.05) is 19.4 Å². The predicted octanol–water partition coefficient (Wildman–Crippen LogP) is 1.57. The van der Waals surface area contributed by atoms with E-state index < -0.39 is 16.0 Å². The molecule has 1 fully saturated rings. The summed E-state index contributed by atoms with van der Waals surface area (Å²) in [6.07, 6.45) is 0.674. The van der Waals surface area contributed by atoms with Crippen molar-refractivity contribution in [3.63, 3.8) is 0 Å². The first-order valence-corrected chi connectivity index (χ1v) is 7.74. The van der Waals surface area contributed by atoms with E-state index in [1.165, 1.54) is 11.4 Å². The summed E-state index contributed by atoms with van der Waals surface area (Å²) < 4.78 is 29.8. The predicted molar refractivity (Wildman–Crippen MR) is 71.3 cm³/mol. The Bertz CT molecular complexity index is 565. The molecule has 1 saturated heterocycles. The SMILES string of the molecule is COC(=O)c1ccc([C@H](C)N2CCCS2(=O)=O)cc1. The summed E-state index contributed by atoms with van der Waals surface area (Å²) in [6, 6.07) is 6.63. The highest BCUT2D eigenvalue weighted by atomic mass is 32.2. The highest BCUT2D eigenvalue weighted by molar-refractivity contribution is 7.89. The summed E-state index contributed by atoms with van der Waals surface area (Å²) in [5.74, 6) is -0.176. The molecule has 0 aliphatic carbocycles. The van der Waals surface area contributed by atoms with Crippen molar-refractivity contribution in [2.45, 2.75) is 19.4 Å². The van der Waals surface area contributed by atoms with Gasteiger partial charge in [0.25, 0.3) is 0 Å². The molecule has 0 bridgehead atoms. The number of carbonyl (C=O) groups excluding carboxylic acids is 1. The Hall–Kier alpha value is -1.40. The van der Waals surface area contributed by atoms with E-state index >= 15 is 0 Å². The quantitative estimate of drug-likeness (QED) is 0.790. The first-order valence-electron chi connectivity index (χ1n) is 6.13. The van der Waals surface area contributed by atoms with Crippen molar-refractivity contribution in [3.8, 4) is 0 Å². The second-order valence-corrected chi connectivity index (χ2v) is 6.61. The lowest BCUT2D eigenvalue weighted by molar-refractivity contribution is 0.0600. The molecule has 0 saturated carbocycles. The van der Waals surface area contributed by atoms with Gasteiger partial charge in [-0.1, -0.05) is 12.1 Å². The fourth-order valence-corrected chi connectivity index (χ4v) is 4.01. The van der Waals surface area contributed by atoms with Crippen LogP contribution >= 0.6 is 0 Å². The summed E-state index contributed by atoms with van der Waals surface area (Å²) in [5.41, 5.74) is 1.33. The fraction of sp³-hybridized carbons (Fsp3) is 0.462. The van der Waals surface area contributed by atoms with Crippen LogP contribution in [0.2, 0.25) is 0 Å². The molecular weight excluding hydrogens is 266 g/mol. The molecule has 0 spiro atoms. The number of esters is 1. The minimum Gasteiger partial charge on any atom is -0.465 e. The first-order chi connectivity index (χ1) is 8.95. The maximum Gasteiger partial charge on any atom is 0.337 e. The number of rotatable bonds is 3. The Kier molecular flexibility index (Phi) is 3.91. The molecule has 1 atom stereocenters. The zero-order chi connectivity index (χ0) is 14.0. The van der Waals surface area contributed by atoms with E-state index in [0.717, 1.165) is 5.56 Å². The average Bonchev–Trinajstić information content (AvgIpc) is 2.77. The average molecular weight is 283 g/mol. The van der Waals surface area contributed by atoms with Gasteiger partial charge in [0.15, 0.2) is 0 Å². The van der Waals surface area contributed by atoms with Crippen LogP contribution in [-0.4, -0.2) is 38.1 Å². The summed E-state index contributed by atoms with van der Waals surface area (Å²) in [5, 5.41) is 0. The molecule has 0 N–H and O–H groups in total. The van der Waals surface area contributed by atoms with Crippen molar-refractivity contribution in [3.05, 3.63) is 35.4 Å². The third kappa shape index (κ3) is 2.79. The Morgan fingerprint density at radius 1 is 1.32 bits per heavy atom. The molecule has 0 radical (unpaired) electrons. The number of nitrogens with zero attached hydrogens (tertiary/aromatic N) is 1. The van der Waals surface area contributed by atoms with Crippen LogP contribution in [0.1, 0.15) is 35.3 Å². The lowest BCUT2D eigenvalue weighted by atomic mass is 10.1. The Labute approximate surface area is 113 Å². The van der Waals surface area contributed by atoms with Gasteiger partial charge in [0.05, 0.1) is 18.4 Å². The van der Waals surface area contributed by atoms with Crippen LogP contribution in [-0.2, 0) is 14.8 Å². The van der Waals surface area contributed by atoms with Crippen LogP contribution in [0.15, 0.2) is 24.3 Å². The van der Waals surface area contributed by atoms with E-state index in [-0.39, 0.29) is 11.8 Å². The van der Waals surface area contributed by atoms with Crippen molar-refractivity contribution in [2.24, 2.45) is 0 Å². The zero-order valence-corrected chi connectivity index (χ0v) is 11.8. The molecule has 6 heteroatoms. The summed E-state index contributed by atoms with van der Waals surface area (Å²) in [6.45, 7) is 2.41. The molecule has 1 aromatic rings. The lowest BCUT2D eigenvalue weighted by Gasteiger charge is -2.23. The molecule has 1 aromatic carbocycles. The van der Waals surface area contributed by atoms with Crippen LogP contribution < -0.4 is 0 Å². The molecule has 0 unspecified atom stereocenters. The number of benzene rings is 1. The van der Waals surface area contributed by atoms with Gasteiger partial charge in [-0.2, -0.15) is 4.31 Å². The molecule has 104 valence electrons. The zero-order valence-electron chi connectivity index (χ0n) is 11.0. The fourth-order valence-electron chi connectivity index (χ4n) is 2.28. The van der Waals surface area contributed by atoms with E-state index in [4.69, 9.17) is 0 Å². The highest BCUT2D eigenvalue weighted by Crippen LogP contribution is 2.27. The molecule has 2 rings (SSSR count). The molecule has 1 aliphatic rings. The molecule has 1 heterocycles. The van der Waals surface area contributed by atoms with Crippen LogP contribution in [0, 0.1) is 0 Å². The Morgan fingerprint density at radius 2 is 1.95 bits per heavy atom. The van der Waals surface area contributed by atoms with Crippen molar-refractivity contribution >= 4 is 16.0 Å². The van der Waals surface area contributed by atoms with Gasteiger partial charge in [-0.3, -0.25) is 0 Å². The van der Waals surface area contributed by atoms with E-state index in [9.17, 15) is 13.2 Å². The van der Waals surface area contributed by atoms with Crippen LogP contribution in [0.5, 0.6) is 0 Å². The molecule has 0 amide bonds. The molecule has 1 aliphatic heterocycles. The molecule has 0 aromatic heterocycles. The smallest absolute Gasteiger partial charge is 0.337 e. The van der Waals surface area contributed by atoms with E-state index in [1.807, 2.05) is 6.92 Å². The van der Waals surface area contributed by atoms with E-state index in [0.29, 0.717) is 18.5 Å². The second-order valence-electron chi connectivity index (χ2n) is 4.57. The monoisotopic (exact) mass is 283 g/mol. The summed E-state index contributed by atoms with van der Waals surface area (Å²) in [4.78, 5) is 11.3. The van der Waals surface area contributed by atoms with Crippen molar-refractivity contribution < 1.29 is 17.9 Å². The van der Waals surface area contributed by atoms with E-state index in [2.05, 4.69) is 4.74 Å². The van der Waals surface area contributed by atoms with Gasteiger partial charge < -0.3 is 4.74 Å². The van der Waals surface area contributed by atoms with Gasteiger partial charge in [0.1, 0.15) is 0 Å².